The zero-order valence-corrected chi connectivity index (χ0v) is 15.7. The van der Waals surface area contributed by atoms with E-state index < -0.39 is 11.7 Å². The third-order valence-corrected chi connectivity index (χ3v) is 5.25. The Morgan fingerprint density at radius 3 is 2.41 bits per heavy atom. The number of ketones is 1. The van der Waals surface area contributed by atoms with Crippen molar-refractivity contribution in [3.8, 4) is 0 Å². The maximum absolute atomic E-state index is 12.9. The summed E-state index contributed by atoms with van der Waals surface area (Å²) in [6.07, 6.45) is 0. The molecular formula is C22H23N3O2. The summed E-state index contributed by atoms with van der Waals surface area (Å²) in [5.41, 5.74) is 4.51. The van der Waals surface area contributed by atoms with Crippen LogP contribution in [-0.4, -0.2) is 47.8 Å². The molecule has 1 fully saturated rings. The summed E-state index contributed by atoms with van der Waals surface area (Å²) in [6, 6.07) is 16.0. The van der Waals surface area contributed by atoms with Gasteiger partial charge in [0.2, 0.25) is 0 Å². The Hall–Kier alpha value is -3.08. The molecule has 2 heterocycles. The fourth-order valence-corrected chi connectivity index (χ4v) is 3.81. The highest BCUT2D eigenvalue weighted by molar-refractivity contribution is 6.45. The molecule has 1 saturated heterocycles. The molecule has 138 valence electrons. The number of piperazine rings is 1. The topological polar surface area (TPSA) is 56.4 Å². The highest BCUT2D eigenvalue weighted by Gasteiger charge is 2.29. The lowest BCUT2D eigenvalue weighted by molar-refractivity contribution is -0.126. The van der Waals surface area contributed by atoms with Crippen LogP contribution in [0.2, 0.25) is 0 Å². The molecular weight excluding hydrogens is 338 g/mol. The highest BCUT2D eigenvalue weighted by Crippen LogP contribution is 2.24. The lowest BCUT2D eigenvalue weighted by Gasteiger charge is -2.36. The standard InChI is InChI=1S/C22H23N3O2/c1-15-6-5-7-17(14-15)24-10-12-25(13-11-24)22(27)21(26)20-16(2)23-19-9-4-3-8-18(19)20/h3-9,14,23H,10-13H2,1-2H3. The second kappa shape index (κ2) is 6.91. The number of nitrogens with zero attached hydrogens (tertiary/aromatic N) is 2. The summed E-state index contributed by atoms with van der Waals surface area (Å²) in [5.74, 6) is -0.833. The van der Waals surface area contributed by atoms with Crippen LogP contribution in [-0.2, 0) is 4.79 Å². The molecule has 0 radical (unpaired) electrons. The third-order valence-electron chi connectivity index (χ3n) is 5.25. The molecule has 5 heteroatoms. The van der Waals surface area contributed by atoms with Gasteiger partial charge in [0.25, 0.3) is 11.7 Å². The van der Waals surface area contributed by atoms with Crippen molar-refractivity contribution in [2.75, 3.05) is 31.1 Å². The maximum Gasteiger partial charge on any atom is 0.295 e. The van der Waals surface area contributed by atoms with Crippen LogP contribution in [0, 0.1) is 13.8 Å². The fourth-order valence-electron chi connectivity index (χ4n) is 3.81. The molecule has 0 spiro atoms. The van der Waals surface area contributed by atoms with Crippen molar-refractivity contribution < 1.29 is 9.59 Å². The second-order valence-corrected chi connectivity index (χ2v) is 7.12. The van der Waals surface area contributed by atoms with Crippen molar-refractivity contribution in [2.45, 2.75) is 13.8 Å². The van der Waals surface area contributed by atoms with E-state index in [-0.39, 0.29) is 0 Å². The molecule has 3 aromatic rings. The summed E-state index contributed by atoms with van der Waals surface area (Å²) < 4.78 is 0. The average Bonchev–Trinajstić information content (AvgIpc) is 3.02. The SMILES string of the molecule is Cc1cccc(N2CCN(C(=O)C(=O)c3c(C)[nH]c4ccccc34)CC2)c1. The molecule has 27 heavy (non-hydrogen) atoms. The number of hydrogen-bond donors (Lipinski definition) is 1. The number of hydrogen-bond acceptors (Lipinski definition) is 3. The van der Waals surface area contributed by atoms with E-state index in [0.717, 1.165) is 29.7 Å². The van der Waals surface area contributed by atoms with Crippen LogP contribution in [0.5, 0.6) is 0 Å². The van der Waals surface area contributed by atoms with E-state index in [1.54, 1.807) is 4.90 Å². The van der Waals surface area contributed by atoms with Gasteiger partial charge in [0.1, 0.15) is 0 Å². The van der Waals surface area contributed by atoms with Crippen LogP contribution in [0.1, 0.15) is 21.6 Å². The number of anilines is 1. The first-order chi connectivity index (χ1) is 13.0. The Labute approximate surface area is 158 Å². The van der Waals surface area contributed by atoms with E-state index in [2.05, 4.69) is 35.0 Å². The molecule has 0 aliphatic carbocycles. The smallest absolute Gasteiger partial charge is 0.295 e. The second-order valence-electron chi connectivity index (χ2n) is 7.12. The number of fused-ring (bicyclic) bond motifs is 1. The van der Waals surface area contributed by atoms with Crippen molar-refractivity contribution in [1.29, 1.82) is 0 Å². The monoisotopic (exact) mass is 361 g/mol. The molecule has 5 nitrogen and oxygen atoms in total. The minimum Gasteiger partial charge on any atom is -0.368 e. The number of nitrogens with one attached hydrogen (secondary N) is 1. The van der Waals surface area contributed by atoms with E-state index in [1.165, 1.54) is 11.3 Å². The Morgan fingerprint density at radius 2 is 1.67 bits per heavy atom. The Bertz CT molecular complexity index is 1010. The number of H-pyrrole nitrogens is 1. The van der Waals surface area contributed by atoms with Crippen LogP contribution in [0.15, 0.2) is 48.5 Å². The lowest BCUT2D eigenvalue weighted by atomic mass is 10.1. The van der Waals surface area contributed by atoms with Gasteiger partial charge >= 0.3 is 0 Å². The summed E-state index contributed by atoms with van der Waals surface area (Å²) in [7, 11) is 0. The van der Waals surface area contributed by atoms with Crippen molar-refractivity contribution in [1.82, 2.24) is 9.88 Å². The first-order valence-electron chi connectivity index (χ1n) is 9.27. The van der Waals surface area contributed by atoms with Gasteiger partial charge in [0.05, 0.1) is 5.56 Å². The van der Waals surface area contributed by atoms with E-state index in [9.17, 15) is 9.59 Å². The number of para-hydroxylation sites is 1. The van der Waals surface area contributed by atoms with Crippen molar-refractivity contribution in [2.24, 2.45) is 0 Å². The Kier molecular flexibility index (Phi) is 4.44. The number of carbonyl (C=O) groups is 2. The molecule has 0 saturated carbocycles. The minimum atomic E-state index is -0.422. The van der Waals surface area contributed by atoms with Crippen molar-refractivity contribution in [3.63, 3.8) is 0 Å². The summed E-state index contributed by atoms with van der Waals surface area (Å²) in [5, 5.41) is 0.812. The zero-order valence-electron chi connectivity index (χ0n) is 15.7. The third kappa shape index (κ3) is 3.21. The molecule has 4 rings (SSSR count). The zero-order chi connectivity index (χ0) is 19.0. The van der Waals surface area contributed by atoms with Crippen LogP contribution >= 0.6 is 0 Å². The van der Waals surface area contributed by atoms with Gasteiger partial charge in [-0.2, -0.15) is 0 Å². The first-order valence-corrected chi connectivity index (χ1v) is 9.27. The van der Waals surface area contributed by atoms with Crippen LogP contribution < -0.4 is 4.90 Å². The number of aromatic nitrogens is 1. The van der Waals surface area contributed by atoms with Crippen LogP contribution in [0.4, 0.5) is 5.69 Å². The number of carbonyl (C=O) groups excluding carboxylic acids is 2. The van der Waals surface area contributed by atoms with E-state index in [0.29, 0.717) is 18.7 Å². The Morgan fingerprint density at radius 1 is 0.926 bits per heavy atom. The van der Waals surface area contributed by atoms with Gasteiger partial charge in [-0.25, -0.2) is 0 Å². The van der Waals surface area contributed by atoms with Crippen molar-refractivity contribution >= 4 is 28.3 Å². The van der Waals surface area contributed by atoms with Gasteiger partial charge in [-0.1, -0.05) is 30.3 Å². The molecule has 1 aromatic heterocycles. The largest absolute Gasteiger partial charge is 0.368 e. The van der Waals surface area contributed by atoms with Gasteiger partial charge in [0, 0.05) is 48.5 Å². The van der Waals surface area contributed by atoms with Gasteiger partial charge < -0.3 is 14.8 Å². The summed E-state index contributed by atoms with van der Waals surface area (Å²) in [6.45, 7) is 6.49. The Balaban J connectivity index is 1.49. The normalized spacial score (nSPS) is 14.6. The number of aryl methyl sites for hydroxylation is 2. The molecule has 0 unspecified atom stereocenters. The highest BCUT2D eigenvalue weighted by atomic mass is 16.2. The van der Waals surface area contributed by atoms with Gasteiger partial charge in [-0.3, -0.25) is 9.59 Å². The van der Waals surface area contributed by atoms with E-state index in [1.807, 2.05) is 37.3 Å². The summed E-state index contributed by atoms with van der Waals surface area (Å²) in [4.78, 5) is 32.9. The van der Waals surface area contributed by atoms with Gasteiger partial charge in [-0.15, -0.1) is 0 Å². The van der Waals surface area contributed by atoms with E-state index in [4.69, 9.17) is 0 Å². The molecule has 0 bridgehead atoms. The number of benzene rings is 2. The number of amides is 1. The molecule has 0 atom stereocenters. The number of Topliss-reactive ketones (excluding diaryl/α,β-unsaturated/α-hetero) is 1. The predicted molar refractivity (Wildman–Crippen MR) is 107 cm³/mol. The lowest BCUT2D eigenvalue weighted by Crippen LogP contribution is -2.50. The van der Waals surface area contributed by atoms with Gasteiger partial charge in [0.15, 0.2) is 0 Å². The minimum absolute atomic E-state index is 0.410. The molecule has 2 aromatic carbocycles. The molecule has 1 aliphatic heterocycles. The molecule has 1 amide bonds. The van der Waals surface area contributed by atoms with E-state index >= 15 is 0 Å². The number of rotatable bonds is 3. The fraction of sp³-hybridized carbons (Fsp3) is 0.273. The number of aromatic amines is 1. The maximum atomic E-state index is 12.9. The van der Waals surface area contributed by atoms with Crippen LogP contribution in [0.25, 0.3) is 10.9 Å². The summed E-state index contributed by atoms with van der Waals surface area (Å²) >= 11 is 0. The van der Waals surface area contributed by atoms with Gasteiger partial charge in [-0.05, 0) is 37.6 Å². The van der Waals surface area contributed by atoms with Crippen molar-refractivity contribution in [3.05, 3.63) is 65.4 Å². The predicted octanol–water partition coefficient (Wildman–Crippen LogP) is 3.32. The average molecular weight is 361 g/mol. The molecule has 1 N–H and O–H groups in total. The molecule has 1 aliphatic rings. The quantitative estimate of drug-likeness (QED) is 0.575. The first kappa shape index (κ1) is 17.3. The van der Waals surface area contributed by atoms with Crippen LogP contribution in [0.3, 0.4) is 0 Å².